The average Bonchev–Trinajstić information content (AvgIpc) is 2.55. The van der Waals surface area contributed by atoms with Crippen molar-refractivity contribution in [1.29, 1.82) is 0 Å². The Morgan fingerprint density at radius 2 is 1.91 bits per heavy atom. The number of carbonyl (C=O) groups is 1. The molecule has 1 aliphatic heterocycles. The van der Waals surface area contributed by atoms with E-state index in [2.05, 4.69) is 18.9 Å². The number of benzene rings is 1. The molecule has 0 atom stereocenters. The number of carbonyl (C=O) groups excluding carboxylic acids is 1. The lowest BCUT2D eigenvalue weighted by molar-refractivity contribution is 0.0663. The minimum Gasteiger partial charge on any atom is -0.493 e. The molecule has 0 spiro atoms. The molecule has 0 unspecified atom stereocenters. The van der Waals surface area contributed by atoms with Gasteiger partial charge in [-0.3, -0.25) is 4.79 Å². The number of unbranched alkanes of at least 4 members (excludes halogenated alkanes) is 1. The summed E-state index contributed by atoms with van der Waals surface area (Å²) < 4.78 is 11.1. The summed E-state index contributed by atoms with van der Waals surface area (Å²) in [5.74, 6) is 1.38. The predicted octanol–water partition coefficient (Wildman–Crippen LogP) is 2.26. The standard InChI is InChI=1S/C17H26N2O3/c1-4-5-12-22-15-7-6-14(13-16(15)21-3)17(20)19-10-8-18(2)9-11-19/h6-7,13H,4-5,8-12H2,1-3H3. The van der Waals surface area contributed by atoms with Gasteiger partial charge in [0.25, 0.3) is 5.91 Å². The molecule has 5 heteroatoms. The normalized spacial score (nSPS) is 15.7. The molecule has 1 fully saturated rings. The van der Waals surface area contributed by atoms with E-state index >= 15 is 0 Å². The Kier molecular flexibility index (Phi) is 6.07. The van der Waals surface area contributed by atoms with E-state index in [-0.39, 0.29) is 5.91 Å². The first kappa shape index (κ1) is 16.6. The largest absolute Gasteiger partial charge is 0.493 e. The number of methoxy groups -OCH3 is 1. The van der Waals surface area contributed by atoms with Crippen LogP contribution in [0.2, 0.25) is 0 Å². The molecule has 122 valence electrons. The minimum absolute atomic E-state index is 0.0616. The van der Waals surface area contributed by atoms with Crippen molar-refractivity contribution in [3.63, 3.8) is 0 Å². The summed E-state index contributed by atoms with van der Waals surface area (Å²) in [6, 6.07) is 5.43. The second kappa shape index (κ2) is 8.03. The Bertz CT molecular complexity index is 497. The van der Waals surface area contributed by atoms with Crippen molar-refractivity contribution < 1.29 is 14.3 Å². The predicted molar refractivity (Wildman–Crippen MR) is 86.8 cm³/mol. The van der Waals surface area contributed by atoms with Gasteiger partial charge < -0.3 is 19.3 Å². The smallest absolute Gasteiger partial charge is 0.254 e. The lowest BCUT2D eigenvalue weighted by Crippen LogP contribution is -2.47. The molecule has 5 nitrogen and oxygen atoms in total. The van der Waals surface area contributed by atoms with Gasteiger partial charge in [-0.25, -0.2) is 0 Å². The Morgan fingerprint density at radius 3 is 2.55 bits per heavy atom. The Labute approximate surface area is 132 Å². The monoisotopic (exact) mass is 306 g/mol. The highest BCUT2D eigenvalue weighted by Gasteiger charge is 2.21. The van der Waals surface area contributed by atoms with Crippen LogP contribution in [0.3, 0.4) is 0 Å². The van der Waals surface area contributed by atoms with Crippen molar-refractivity contribution in [2.75, 3.05) is 46.9 Å². The first-order valence-electron chi connectivity index (χ1n) is 7.94. The van der Waals surface area contributed by atoms with E-state index in [4.69, 9.17) is 9.47 Å². The molecule has 1 aromatic carbocycles. The fourth-order valence-corrected chi connectivity index (χ4v) is 2.44. The van der Waals surface area contributed by atoms with Crippen LogP contribution in [0.4, 0.5) is 0 Å². The van der Waals surface area contributed by atoms with Crippen molar-refractivity contribution >= 4 is 5.91 Å². The topological polar surface area (TPSA) is 42.0 Å². The molecule has 1 heterocycles. The molecule has 1 saturated heterocycles. The van der Waals surface area contributed by atoms with E-state index in [9.17, 15) is 4.79 Å². The van der Waals surface area contributed by atoms with Crippen molar-refractivity contribution in [2.45, 2.75) is 19.8 Å². The van der Waals surface area contributed by atoms with Gasteiger partial charge in [0.1, 0.15) is 0 Å². The lowest BCUT2D eigenvalue weighted by atomic mass is 10.1. The third-order valence-electron chi connectivity index (χ3n) is 3.96. The summed E-state index contributed by atoms with van der Waals surface area (Å²) in [4.78, 5) is 16.7. The van der Waals surface area contributed by atoms with Crippen LogP contribution in [-0.4, -0.2) is 62.7 Å². The van der Waals surface area contributed by atoms with Crippen molar-refractivity contribution in [2.24, 2.45) is 0 Å². The van der Waals surface area contributed by atoms with E-state index in [0.717, 1.165) is 39.0 Å². The molecule has 0 aliphatic carbocycles. The summed E-state index contributed by atoms with van der Waals surface area (Å²) in [7, 11) is 3.68. The zero-order chi connectivity index (χ0) is 15.9. The number of amides is 1. The molecule has 0 aromatic heterocycles. The summed E-state index contributed by atoms with van der Waals surface area (Å²) in [5, 5.41) is 0. The van der Waals surface area contributed by atoms with E-state index in [1.165, 1.54) is 0 Å². The second-order valence-electron chi connectivity index (χ2n) is 5.66. The number of hydrogen-bond donors (Lipinski definition) is 0. The molecule has 0 bridgehead atoms. The third-order valence-corrected chi connectivity index (χ3v) is 3.96. The second-order valence-corrected chi connectivity index (χ2v) is 5.66. The molecule has 1 aliphatic rings. The van der Waals surface area contributed by atoms with Crippen LogP contribution in [0.15, 0.2) is 18.2 Å². The maximum atomic E-state index is 12.6. The van der Waals surface area contributed by atoms with E-state index in [0.29, 0.717) is 23.7 Å². The highest BCUT2D eigenvalue weighted by Crippen LogP contribution is 2.29. The molecule has 22 heavy (non-hydrogen) atoms. The van der Waals surface area contributed by atoms with Crippen LogP contribution >= 0.6 is 0 Å². The molecule has 1 aromatic rings. The first-order valence-corrected chi connectivity index (χ1v) is 7.94. The van der Waals surface area contributed by atoms with Crippen LogP contribution in [0, 0.1) is 0 Å². The zero-order valence-corrected chi connectivity index (χ0v) is 13.8. The Hall–Kier alpha value is -1.75. The fourth-order valence-electron chi connectivity index (χ4n) is 2.44. The fraction of sp³-hybridized carbons (Fsp3) is 0.588. The van der Waals surface area contributed by atoms with Crippen molar-refractivity contribution in [3.8, 4) is 11.5 Å². The van der Waals surface area contributed by atoms with Crippen LogP contribution in [-0.2, 0) is 0 Å². The maximum Gasteiger partial charge on any atom is 0.254 e. The number of ether oxygens (including phenoxy) is 2. The highest BCUT2D eigenvalue weighted by atomic mass is 16.5. The van der Waals surface area contributed by atoms with Crippen LogP contribution in [0.25, 0.3) is 0 Å². The highest BCUT2D eigenvalue weighted by molar-refractivity contribution is 5.95. The average molecular weight is 306 g/mol. The van der Waals surface area contributed by atoms with Gasteiger partial charge in [0.15, 0.2) is 11.5 Å². The van der Waals surface area contributed by atoms with Crippen molar-refractivity contribution in [3.05, 3.63) is 23.8 Å². The Balaban J connectivity index is 2.06. The molecule has 1 amide bonds. The van der Waals surface area contributed by atoms with Gasteiger partial charge in [0.2, 0.25) is 0 Å². The van der Waals surface area contributed by atoms with Gasteiger partial charge in [0, 0.05) is 31.7 Å². The van der Waals surface area contributed by atoms with E-state index < -0.39 is 0 Å². The number of piperazine rings is 1. The van der Waals surface area contributed by atoms with Gasteiger partial charge >= 0.3 is 0 Å². The van der Waals surface area contributed by atoms with E-state index in [1.54, 1.807) is 13.2 Å². The van der Waals surface area contributed by atoms with Gasteiger partial charge in [-0.2, -0.15) is 0 Å². The molecular weight excluding hydrogens is 280 g/mol. The third kappa shape index (κ3) is 4.13. The number of rotatable bonds is 6. The SMILES string of the molecule is CCCCOc1ccc(C(=O)N2CCN(C)CC2)cc1OC. The van der Waals surface area contributed by atoms with Crippen molar-refractivity contribution in [1.82, 2.24) is 9.80 Å². The summed E-state index contributed by atoms with van der Waals surface area (Å²) in [6.07, 6.45) is 2.09. The van der Waals surface area contributed by atoms with Gasteiger partial charge in [-0.1, -0.05) is 13.3 Å². The summed E-state index contributed by atoms with van der Waals surface area (Å²) in [6.45, 7) is 6.16. The van der Waals surface area contributed by atoms with Gasteiger partial charge in [0.05, 0.1) is 13.7 Å². The molecule has 0 N–H and O–H groups in total. The summed E-state index contributed by atoms with van der Waals surface area (Å²) in [5.41, 5.74) is 0.657. The molecule has 0 saturated carbocycles. The van der Waals surface area contributed by atoms with Crippen LogP contribution in [0.1, 0.15) is 30.1 Å². The van der Waals surface area contributed by atoms with Crippen LogP contribution in [0.5, 0.6) is 11.5 Å². The number of hydrogen-bond acceptors (Lipinski definition) is 4. The minimum atomic E-state index is 0.0616. The molecular formula is C17H26N2O3. The first-order chi connectivity index (χ1) is 10.7. The molecule has 0 radical (unpaired) electrons. The number of nitrogens with zero attached hydrogens (tertiary/aromatic N) is 2. The maximum absolute atomic E-state index is 12.6. The van der Waals surface area contributed by atoms with Crippen LogP contribution < -0.4 is 9.47 Å². The lowest BCUT2D eigenvalue weighted by Gasteiger charge is -2.32. The summed E-state index contributed by atoms with van der Waals surface area (Å²) >= 11 is 0. The van der Waals surface area contributed by atoms with E-state index in [1.807, 2.05) is 17.0 Å². The molecule has 2 rings (SSSR count). The number of likely N-dealkylation sites (N-methyl/N-ethyl adjacent to an activating group) is 1. The van der Waals surface area contributed by atoms with Gasteiger partial charge in [-0.05, 0) is 31.7 Å². The quantitative estimate of drug-likeness (QED) is 0.756. The Morgan fingerprint density at radius 1 is 1.18 bits per heavy atom. The van der Waals surface area contributed by atoms with Gasteiger partial charge in [-0.15, -0.1) is 0 Å². The zero-order valence-electron chi connectivity index (χ0n) is 13.8.